The summed E-state index contributed by atoms with van der Waals surface area (Å²) < 4.78 is 0. The highest BCUT2D eigenvalue weighted by molar-refractivity contribution is 5.80. The Bertz CT molecular complexity index is 239. The molecule has 0 bridgehead atoms. The lowest BCUT2D eigenvalue weighted by Gasteiger charge is -2.41. The van der Waals surface area contributed by atoms with Crippen molar-refractivity contribution in [1.29, 1.82) is 0 Å². The number of hydrogen-bond donors (Lipinski definition) is 2. The van der Waals surface area contributed by atoms with Crippen molar-refractivity contribution < 1.29 is 9.90 Å². The van der Waals surface area contributed by atoms with Crippen LogP contribution in [0.15, 0.2) is 0 Å². The van der Waals surface area contributed by atoms with Crippen LogP contribution in [0, 0.1) is 5.92 Å². The minimum atomic E-state index is -0.401. The highest BCUT2D eigenvalue weighted by atomic mass is 16.3. The van der Waals surface area contributed by atoms with Crippen LogP contribution in [-0.2, 0) is 4.79 Å². The molecule has 0 aromatic heterocycles. The lowest BCUT2D eigenvalue weighted by molar-refractivity contribution is -0.143. The predicted molar refractivity (Wildman–Crippen MR) is 57.4 cm³/mol. The van der Waals surface area contributed by atoms with Gasteiger partial charge in [0.15, 0.2) is 0 Å². The molecule has 2 N–H and O–H groups in total. The lowest BCUT2D eigenvalue weighted by atomic mass is 9.94. The number of carbonyl (C=O) groups is 1. The molecule has 2 fully saturated rings. The van der Waals surface area contributed by atoms with Crippen molar-refractivity contribution in [2.75, 3.05) is 19.6 Å². The molecule has 0 spiro atoms. The first kappa shape index (κ1) is 10.9. The molecule has 0 aromatic rings. The summed E-state index contributed by atoms with van der Waals surface area (Å²) in [7, 11) is 0. The molecule has 0 radical (unpaired) electrons. The molecule has 2 saturated heterocycles. The number of aliphatic hydroxyl groups excluding tert-OH is 1. The zero-order valence-electron chi connectivity index (χ0n) is 9.28. The lowest BCUT2D eigenvalue weighted by Crippen LogP contribution is -2.57. The molecule has 2 rings (SSSR count). The van der Waals surface area contributed by atoms with Gasteiger partial charge in [-0.1, -0.05) is 0 Å². The van der Waals surface area contributed by atoms with Gasteiger partial charge in [0.25, 0.3) is 0 Å². The largest absolute Gasteiger partial charge is 0.391 e. The maximum atomic E-state index is 12.1. The molecule has 0 aliphatic carbocycles. The van der Waals surface area contributed by atoms with Crippen LogP contribution in [0.2, 0.25) is 0 Å². The van der Waals surface area contributed by atoms with Crippen molar-refractivity contribution in [3.05, 3.63) is 0 Å². The maximum Gasteiger partial charge on any atom is 0.228 e. The second-order valence-corrected chi connectivity index (χ2v) is 4.69. The van der Waals surface area contributed by atoms with E-state index in [9.17, 15) is 9.90 Å². The summed E-state index contributed by atoms with van der Waals surface area (Å²) in [4.78, 5) is 14.0. The Labute approximate surface area is 90.6 Å². The van der Waals surface area contributed by atoms with Crippen molar-refractivity contribution in [3.63, 3.8) is 0 Å². The molecule has 86 valence electrons. The van der Waals surface area contributed by atoms with E-state index < -0.39 is 6.10 Å². The fraction of sp³-hybridized carbons (Fsp3) is 0.909. The van der Waals surface area contributed by atoms with Crippen molar-refractivity contribution in [2.24, 2.45) is 5.92 Å². The third-order valence-electron chi connectivity index (χ3n) is 3.52. The van der Waals surface area contributed by atoms with Crippen LogP contribution in [0.25, 0.3) is 0 Å². The summed E-state index contributed by atoms with van der Waals surface area (Å²) in [6.07, 6.45) is 2.75. The van der Waals surface area contributed by atoms with Crippen molar-refractivity contribution >= 4 is 5.91 Å². The summed E-state index contributed by atoms with van der Waals surface area (Å²) in [6, 6.07) is 0.0480. The average Bonchev–Trinajstić information content (AvgIpc) is 2.15. The van der Waals surface area contributed by atoms with Gasteiger partial charge in [0.2, 0.25) is 5.91 Å². The van der Waals surface area contributed by atoms with Crippen LogP contribution in [-0.4, -0.2) is 47.7 Å². The molecular formula is C11H20N2O2. The molecule has 2 aliphatic rings. The monoisotopic (exact) mass is 212 g/mol. The molecule has 2 heterocycles. The zero-order valence-corrected chi connectivity index (χ0v) is 9.28. The van der Waals surface area contributed by atoms with E-state index >= 15 is 0 Å². The third kappa shape index (κ3) is 2.16. The van der Waals surface area contributed by atoms with E-state index in [1.54, 1.807) is 6.92 Å². The van der Waals surface area contributed by atoms with E-state index in [4.69, 9.17) is 0 Å². The fourth-order valence-corrected chi connectivity index (χ4v) is 2.43. The van der Waals surface area contributed by atoms with Crippen LogP contribution in [0.3, 0.4) is 0 Å². The molecule has 2 aliphatic heterocycles. The quantitative estimate of drug-likeness (QED) is 0.676. The molecule has 4 heteroatoms. The van der Waals surface area contributed by atoms with E-state index in [0.29, 0.717) is 0 Å². The van der Waals surface area contributed by atoms with Gasteiger partial charge in [0.1, 0.15) is 0 Å². The SMILES string of the molecule is C[C@@H](O)[C@H]1CCCCN1C(=O)C1CNC1. The summed E-state index contributed by atoms with van der Waals surface area (Å²) in [5.41, 5.74) is 0. The Hall–Kier alpha value is -0.610. The summed E-state index contributed by atoms with van der Waals surface area (Å²) in [6.45, 7) is 4.23. The predicted octanol–water partition coefficient (Wildman–Crippen LogP) is -0.0323. The minimum Gasteiger partial charge on any atom is -0.391 e. The van der Waals surface area contributed by atoms with E-state index in [-0.39, 0.29) is 17.9 Å². The number of amides is 1. The normalized spacial score (nSPS) is 29.7. The molecule has 15 heavy (non-hydrogen) atoms. The second kappa shape index (κ2) is 4.49. The number of nitrogens with zero attached hydrogens (tertiary/aromatic N) is 1. The smallest absolute Gasteiger partial charge is 0.228 e. The number of rotatable bonds is 2. The number of nitrogens with one attached hydrogen (secondary N) is 1. The second-order valence-electron chi connectivity index (χ2n) is 4.69. The van der Waals surface area contributed by atoms with Gasteiger partial charge in [-0.05, 0) is 26.2 Å². The van der Waals surface area contributed by atoms with E-state index in [1.165, 1.54) is 0 Å². The van der Waals surface area contributed by atoms with Crippen molar-refractivity contribution in [3.8, 4) is 0 Å². The molecule has 4 nitrogen and oxygen atoms in total. The Morgan fingerprint density at radius 2 is 2.20 bits per heavy atom. The van der Waals surface area contributed by atoms with Gasteiger partial charge in [-0.15, -0.1) is 0 Å². The van der Waals surface area contributed by atoms with Gasteiger partial charge in [0.05, 0.1) is 18.1 Å². The summed E-state index contributed by atoms with van der Waals surface area (Å²) in [5, 5.41) is 12.8. The Kier molecular flexibility index (Phi) is 3.26. The van der Waals surface area contributed by atoms with Gasteiger partial charge in [-0.25, -0.2) is 0 Å². The first-order valence-electron chi connectivity index (χ1n) is 5.89. The Morgan fingerprint density at radius 3 is 2.73 bits per heavy atom. The van der Waals surface area contributed by atoms with Gasteiger partial charge in [0, 0.05) is 19.6 Å². The number of carbonyl (C=O) groups excluding carboxylic acids is 1. The standard InChI is InChI=1S/C11H20N2O2/c1-8(14)10-4-2-3-5-13(10)11(15)9-6-12-7-9/h8-10,12,14H,2-7H2,1H3/t8-,10-/m1/s1. The van der Waals surface area contributed by atoms with Crippen LogP contribution in [0.1, 0.15) is 26.2 Å². The van der Waals surface area contributed by atoms with E-state index in [2.05, 4.69) is 5.32 Å². The fourth-order valence-electron chi connectivity index (χ4n) is 2.43. The Balaban J connectivity index is 1.99. The topological polar surface area (TPSA) is 52.6 Å². The molecular weight excluding hydrogens is 192 g/mol. The van der Waals surface area contributed by atoms with Gasteiger partial charge >= 0.3 is 0 Å². The van der Waals surface area contributed by atoms with Crippen molar-refractivity contribution in [1.82, 2.24) is 10.2 Å². The molecule has 2 atom stereocenters. The number of likely N-dealkylation sites (tertiary alicyclic amines) is 1. The Morgan fingerprint density at radius 1 is 1.47 bits per heavy atom. The first-order valence-corrected chi connectivity index (χ1v) is 5.89. The molecule has 0 saturated carbocycles. The van der Waals surface area contributed by atoms with E-state index in [0.717, 1.165) is 38.9 Å². The van der Waals surface area contributed by atoms with Gasteiger partial charge in [-0.3, -0.25) is 4.79 Å². The van der Waals surface area contributed by atoms with Crippen LogP contribution in [0.5, 0.6) is 0 Å². The highest BCUT2D eigenvalue weighted by Crippen LogP contribution is 2.22. The number of piperidine rings is 1. The number of hydrogen-bond acceptors (Lipinski definition) is 3. The molecule has 0 aromatic carbocycles. The first-order chi connectivity index (χ1) is 7.20. The van der Waals surface area contributed by atoms with E-state index in [1.807, 2.05) is 4.90 Å². The van der Waals surface area contributed by atoms with Crippen molar-refractivity contribution in [2.45, 2.75) is 38.3 Å². The van der Waals surface area contributed by atoms with Gasteiger partial charge < -0.3 is 15.3 Å². The summed E-state index contributed by atoms with van der Waals surface area (Å²) in [5.74, 6) is 0.392. The minimum absolute atomic E-state index is 0.0480. The average molecular weight is 212 g/mol. The summed E-state index contributed by atoms with van der Waals surface area (Å²) >= 11 is 0. The molecule has 0 unspecified atom stereocenters. The highest BCUT2D eigenvalue weighted by Gasteiger charge is 2.35. The maximum absolute atomic E-state index is 12.1. The van der Waals surface area contributed by atoms with Crippen LogP contribution < -0.4 is 5.32 Å². The molecule has 1 amide bonds. The zero-order chi connectivity index (χ0) is 10.8. The number of aliphatic hydroxyl groups is 1. The van der Waals surface area contributed by atoms with Crippen LogP contribution >= 0.6 is 0 Å². The van der Waals surface area contributed by atoms with Crippen LogP contribution in [0.4, 0.5) is 0 Å². The van der Waals surface area contributed by atoms with Gasteiger partial charge in [-0.2, -0.15) is 0 Å². The third-order valence-corrected chi connectivity index (χ3v) is 3.52.